The molecule has 0 radical (unpaired) electrons. The van der Waals surface area contributed by atoms with E-state index in [1.165, 1.54) is 5.56 Å². The van der Waals surface area contributed by atoms with Gasteiger partial charge in [0.2, 0.25) is 11.8 Å². The van der Waals surface area contributed by atoms with Gasteiger partial charge in [-0.05, 0) is 57.8 Å². The van der Waals surface area contributed by atoms with E-state index in [4.69, 9.17) is 5.73 Å². The topological polar surface area (TPSA) is 75.4 Å². The smallest absolute Gasteiger partial charge is 0.238 e. The molecule has 2 amide bonds. The van der Waals surface area contributed by atoms with E-state index >= 15 is 0 Å². The van der Waals surface area contributed by atoms with E-state index in [1.54, 1.807) is 0 Å². The van der Waals surface area contributed by atoms with Crippen LogP contribution in [0.2, 0.25) is 0 Å². The van der Waals surface area contributed by atoms with Crippen LogP contribution in [0.4, 0.5) is 5.69 Å². The van der Waals surface area contributed by atoms with E-state index in [0.717, 1.165) is 42.7 Å². The fourth-order valence-corrected chi connectivity index (χ4v) is 3.13. The average molecular weight is 303 g/mol. The first kappa shape index (κ1) is 16.5. The second kappa shape index (κ2) is 6.92. The number of rotatable bonds is 4. The fourth-order valence-electron chi connectivity index (χ4n) is 3.13. The van der Waals surface area contributed by atoms with E-state index < -0.39 is 0 Å². The number of carbonyl (C=O) groups excluding carboxylic acids is 2. The highest BCUT2D eigenvalue weighted by Crippen LogP contribution is 2.22. The van der Waals surface area contributed by atoms with E-state index in [0.29, 0.717) is 6.54 Å². The number of primary amides is 1. The Morgan fingerprint density at radius 3 is 2.23 bits per heavy atom. The molecule has 22 heavy (non-hydrogen) atoms. The van der Waals surface area contributed by atoms with Gasteiger partial charge in [-0.1, -0.05) is 17.7 Å². The van der Waals surface area contributed by atoms with Gasteiger partial charge in [0.05, 0.1) is 6.54 Å². The number of benzene rings is 1. The Bertz CT molecular complexity index is 552. The summed E-state index contributed by atoms with van der Waals surface area (Å²) in [4.78, 5) is 25.5. The second-order valence-electron chi connectivity index (χ2n) is 6.27. The van der Waals surface area contributed by atoms with Crippen molar-refractivity contribution in [3.8, 4) is 0 Å². The Morgan fingerprint density at radius 1 is 1.18 bits per heavy atom. The summed E-state index contributed by atoms with van der Waals surface area (Å²) in [5, 5.41) is 3.01. The van der Waals surface area contributed by atoms with Crippen LogP contribution in [0.1, 0.15) is 29.5 Å². The standard InChI is InChI=1S/C17H25N3O2/c1-11-8-12(2)16(13(3)9-11)19-15(21)10-20-6-4-14(5-7-20)17(18)22/h8-9,14H,4-7,10H2,1-3H3,(H2,18,22)(H,19,21). The van der Waals surface area contributed by atoms with Crippen LogP contribution in [-0.4, -0.2) is 36.3 Å². The van der Waals surface area contributed by atoms with Gasteiger partial charge >= 0.3 is 0 Å². The maximum atomic E-state index is 12.2. The van der Waals surface area contributed by atoms with Crippen LogP contribution in [0.5, 0.6) is 0 Å². The number of likely N-dealkylation sites (tertiary alicyclic amines) is 1. The van der Waals surface area contributed by atoms with Gasteiger partial charge in [-0.2, -0.15) is 0 Å². The number of nitrogens with one attached hydrogen (secondary N) is 1. The number of anilines is 1. The second-order valence-corrected chi connectivity index (χ2v) is 6.27. The zero-order chi connectivity index (χ0) is 16.3. The van der Waals surface area contributed by atoms with Crippen LogP contribution < -0.4 is 11.1 Å². The third kappa shape index (κ3) is 4.07. The molecule has 0 spiro atoms. The lowest BCUT2D eigenvalue weighted by Gasteiger charge is -2.30. The van der Waals surface area contributed by atoms with Crippen molar-refractivity contribution in [3.63, 3.8) is 0 Å². The largest absolute Gasteiger partial charge is 0.369 e. The summed E-state index contributed by atoms with van der Waals surface area (Å²) in [7, 11) is 0. The van der Waals surface area contributed by atoms with Crippen LogP contribution in [0, 0.1) is 26.7 Å². The van der Waals surface area contributed by atoms with E-state index in [2.05, 4.69) is 29.3 Å². The van der Waals surface area contributed by atoms with E-state index in [1.807, 2.05) is 13.8 Å². The zero-order valence-corrected chi connectivity index (χ0v) is 13.6. The van der Waals surface area contributed by atoms with Crippen molar-refractivity contribution in [3.05, 3.63) is 28.8 Å². The normalized spacial score (nSPS) is 16.5. The Hall–Kier alpha value is -1.88. The monoisotopic (exact) mass is 303 g/mol. The number of amides is 2. The van der Waals surface area contributed by atoms with Crippen molar-refractivity contribution < 1.29 is 9.59 Å². The van der Waals surface area contributed by atoms with Gasteiger partial charge in [-0.15, -0.1) is 0 Å². The Balaban J connectivity index is 1.90. The van der Waals surface area contributed by atoms with E-state index in [-0.39, 0.29) is 17.7 Å². The molecule has 3 N–H and O–H groups in total. The predicted molar refractivity (Wildman–Crippen MR) is 87.6 cm³/mol. The van der Waals surface area contributed by atoms with Crippen molar-refractivity contribution in [1.29, 1.82) is 0 Å². The third-order valence-electron chi connectivity index (χ3n) is 4.30. The zero-order valence-electron chi connectivity index (χ0n) is 13.6. The summed E-state index contributed by atoms with van der Waals surface area (Å²) in [5.41, 5.74) is 9.59. The maximum absolute atomic E-state index is 12.2. The molecule has 5 heteroatoms. The highest BCUT2D eigenvalue weighted by molar-refractivity contribution is 5.93. The number of piperidine rings is 1. The first-order valence-electron chi connectivity index (χ1n) is 7.76. The average Bonchev–Trinajstić information content (AvgIpc) is 2.43. The minimum absolute atomic E-state index is 0.00687. The number of carbonyl (C=O) groups is 2. The fraction of sp³-hybridized carbons (Fsp3) is 0.529. The van der Waals surface area contributed by atoms with Gasteiger partial charge in [0.25, 0.3) is 0 Å². The first-order valence-corrected chi connectivity index (χ1v) is 7.76. The molecule has 0 aromatic heterocycles. The molecule has 1 aromatic carbocycles. The number of hydrogen-bond acceptors (Lipinski definition) is 3. The lowest BCUT2D eigenvalue weighted by Crippen LogP contribution is -2.42. The third-order valence-corrected chi connectivity index (χ3v) is 4.30. The van der Waals surface area contributed by atoms with Gasteiger partial charge in [0.1, 0.15) is 0 Å². The van der Waals surface area contributed by atoms with Crippen molar-refractivity contribution in [2.24, 2.45) is 11.7 Å². The van der Waals surface area contributed by atoms with Crippen molar-refractivity contribution in [1.82, 2.24) is 4.90 Å². The number of aryl methyl sites for hydroxylation is 3. The molecule has 2 rings (SSSR count). The molecule has 120 valence electrons. The summed E-state index contributed by atoms with van der Waals surface area (Å²) < 4.78 is 0. The van der Waals surface area contributed by atoms with Gasteiger partial charge < -0.3 is 11.1 Å². The molecule has 1 aromatic rings. The summed E-state index contributed by atoms with van der Waals surface area (Å²) in [5.74, 6) is -0.275. The Kier molecular flexibility index (Phi) is 5.19. The highest BCUT2D eigenvalue weighted by Gasteiger charge is 2.24. The molecule has 1 aliphatic rings. The van der Waals surface area contributed by atoms with Crippen LogP contribution in [0.3, 0.4) is 0 Å². The molecule has 1 heterocycles. The minimum atomic E-state index is -0.227. The van der Waals surface area contributed by atoms with Crippen LogP contribution in [0.25, 0.3) is 0 Å². The summed E-state index contributed by atoms with van der Waals surface area (Å²) >= 11 is 0. The molecular weight excluding hydrogens is 278 g/mol. The van der Waals surface area contributed by atoms with Gasteiger partial charge in [-0.25, -0.2) is 0 Å². The summed E-state index contributed by atoms with van der Waals surface area (Å²) in [6.45, 7) is 7.91. The van der Waals surface area contributed by atoms with Crippen molar-refractivity contribution in [2.75, 3.05) is 25.0 Å². The molecular formula is C17H25N3O2. The van der Waals surface area contributed by atoms with Crippen LogP contribution >= 0.6 is 0 Å². The van der Waals surface area contributed by atoms with Crippen LogP contribution in [-0.2, 0) is 9.59 Å². The number of nitrogens with zero attached hydrogens (tertiary/aromatic N) is 1. The molecule has 1 saturated heterocycles. The lowest BCUT2D eigenvalue weighted by atomic mass is 9.96. The molecule has 0 aliphatic carbocycles. The molecule has 0 saturated carbocycles. The van der Waals surface area contributed by atoms with E-state index in [9.17, 15) is 9.59 Å². The molecule has 0 unspecified atom stereocenters. The Morgan fingerprint density at radius 2 is 1.73 bits per heavy atom. The maximum Gasteiger partial charge on any atom is 0.238 e. The number of nitrogens with two attached hydrogens (primary N) is 1. The SMILES string of the molecule is Cc1cc(C)c(NC(=O)CN2CCC(C(N)=O)CC2)c(C)c1. The molecule has 0 bridgehead atoms. The van der Waals surface area contributed by atoms with Gasteiger partial charge in [0, 0.05) is 11.6 Å². The number of hydrogen-bond donors (Lipinski definition) is 2. The molecule has 1 fully saturated rings. The first-order chi connectivity index (χ1) is 10.4. The molecule has 5 nitrogen and oxygen atoms in total. The van der Waals surface area contributed by atoms with Gasteiger partial charge in [-0.3, -0.25) is 14.5 Å². The molecule has 1 aliphatic heterocycles. The minimum Gasteiger partial charge on any atom is -0.369 e. The lowest BCUT2D eigenvalue weighted by molar-refractivity contribution is -0.123. The van der Waals surface area contributed by atoms with Gasteiger partial charge in [0.15, 0.2) is 0 Å². The highest BCUT2D eigenvalue weighted by atomic mass is 16.2. The summed E-state index contributed by atoms with van der Waals surface area (Å²) in [6.07, 6.45) is 1.48. The predicted octanol–water partition coefficient (Wildman–Crippen LogP) is 1.75. The van der Waals surface area contributed by atoms with Crippen LogP contribution in [0.15, 0.2) is 12.1 Å². The van der Waals surface area contributed by atoms with Crippen molar-refractivity contribution >= 4 is 17.5 Å². The Labute approximate surface area is 131 Å². The quantitative estimate of drug-likeness (QED) is 0.889. The van der Waals surface area contributed by atoms with Crippen molar-refractivity contribution in [2.45, 2.75) is 33.6 Å². The molecule has 0 atom stereocenters. The summed E-state index contributed by atoms with van der Waals surface area (Å²) in [6, 6.07) is 4.14.